The lowest BCUT2D eigenvalue weighted by Crippen LogP contribution is -2.60. The lowest BCUT2D eigenvalue weighted by Gasteiger charge is -2.44. The first-order chi connectivity index (χ1) is 11.2. The molecule has 6 heteroatoms. The molecule has 24 heavy (non-hydrogen) atoms. The van der Waals surface area contributed by atoms with Crippen molar-refractivity contribution in [3.8, 4) is 0 Å². The average Bonchev–Trinajstić information content (AvgIpc) is 2.44. The van der Waals surface area contributed by atoms with Gasteiger partial charge in [0.2, 0.25) is 5.91 Å². The topological polar surface area (TPSA) is 44.4 Å². The molecule has 0 saturated carbocycles. The van der Waals surface area contributed by atoms with Crippen LogP contribution in [0.1, 0.15) is 45.6 Å². The molecule has 0 radical (unpaired) electrons. The number of rotatable bonds is 5. The summed E-state index contributed by atoms with van der Waals surface area (Å²) in [5, 5.41) is 7.16. The predicted octanol–water partition coefficient (Wildman–Crippen LogP) is 4.22. The molecule has 1 aromatic rings. The van der Waals surface area contributed by atoms with Crippen molar-refractivity contribution in [2.45, 2.75) is 58.5 Å². The van der Waals surface area contributed by atoms with Crippen LogP contribution < -0.4 is 10.6 Å². The van der Waals surface area contributed by atoms with Gasteiger partial charge in [-0.05, 0) is 76.5 Å². The highest BCUT2D eigenvalue weighted by atomic mass is 79.9. The normalized spacial score (nSPS) is 19.8. The fourth-order valence-corrected chi connectivity index (χ4v) is 4.20. The number of nitrogens with zero attached hydrogens (tertiary/aromatic N) is 1. The Bertz CT molecular complexity index is 633. The Kier molecular flexibility index (Phi) is 6.26. The quantitative estimate of drug-likeness (QED) is 0.711. The molecule has 1 unspecified atom stereocenters. The van der Waals surface area contributed by atoms with Crippen molar-refractivity contribution in [1.29, 1.82) is 0 Å². The highest BCUT2D eigenvalue weighted by Gasteiger charge is 2.32. The van der Waals surface area contributed by atoms with Crippen LogP contribution in [0, 0.1) is 6.92 Å². The van der Waals surface area contributed by atoms with E-state index in [2.05, 4.69) is 52.2 Å². The van der Waals surface area contributed by atoms with E-state index in [0.717, 1.165) is 40.2 Å². The van der Waals surface area contributed by atoms with Gasteiger partial charge in [0.25, 0.3) is 0 Å². The van der Waals surface area contributed by atoms with Gasteiger partial charge in [-0.15, -0.1) is 0 Å². The Balaban J connectivity index is 1.81. The molecule has 1 aromatic carbocycles. The smallest absolute Gasteiger partial charge is 0.224 e. The van der Waals surface area contributed by atoms with Gasteiger partial charge in [0, 0.05) is 34.7 Å². The maximum Gasteiger partial charge on any atom is 0.224 e. The maximum absolute atomic E-state index is 12.2. The van der Waals surface area contributed by atoms with Crippen molar-refractivity contribution in [3.63, 3.8) is 0 Å². The summed E-state index contributed by atoms with van der Waals surface area (Å²) >= 11 is 8.91. The van der Waals surface area contributed by atoms with Crippen molar-refractivity contribution in [2.24, 2.45) is 0 Å². The maximum atomic E-state index is 12.2. The van der Waals surface area contributed by atoms with E-state index in [0.29, 0.717) is 12.5 Å². The van der Waals surface area contributed by atoms with Gasteiger partial charge in [-0.1, -0.05) is 15.9 Å². The number of aryl methyl sites for hydroxylation is 1. The van der Waals surface area contributed by atoms with Crippen LogP contribution in [-0.2, 0) is 4.79 Å². The van der Waals surface area contributed by atoms with Gasteiger partial charge in [0.15, 0.2) is 5.11 Å². The minimum absolute atomic E-state index is 0.0451. The van der Waals surface area contributed by atoms with Crippen LogP contribution in [0.5, 0.6) is 0 Å². The summed E-state index contributed by atoms with van der Waals surface area (Å²) in [6.07, 6.45) is 2.32. The molecule has 132 valence electrons. The number of amides is 1. The second-order valence-corrected chi connectivity index (χ2v) is 8.47. The van der Waals surface area contributed by atoms with E-state index in [1.807, 2.05) is 25.1 Å². The first kappa shape index (κ1) is 19.2. The van der Waals surface area contributed by atoms with E-state index < -0.39 is 0 Å². The third-order valence-corrected chi connectivity index (χ3v) is 5.14. The molecule has 1 aliphatic heterocycles. The van der Waals surface area contributed by atoms with Crippen molar-refractivity contribution >= 4 is 44.9 Å². The minimum Gasteiger partial charge on any atom is -0.358 e. The summed E-state index contributed by atoms with van der Waals surface area (Å²) in [6.45, 7) is 9.32. The Morgan fingerprint density at radius 2 is 2.21 bits per heavy atom. The molecule has 0 bridgehead atoms. The number of nitrogens with one attached hydrogen (secondary N) is 2. The molecular formula is C18H26BrN3OS. The van der Waals surface area contributed by atoms with Crippen LogP contribution in [-0.4, -0.2) is 34.0 Å². The molecule has 1 aliphatic rings. The van der Waals surface area contributed by atoms with Crippen molar-refractivity contribution in [1.82, 2.24) is 10.2 Å². The van der Waals surface area contributed by atoms with E-state index in [-0.39, 0.29) is 11.4 Å². The number of anilines is 1. The fourth-order valence-electron chi connectivity index (χ4n) is 3.17. The first-order valence-corrected chi connectivity index (χ1v) is 9.53. The molecule has 1 saturated heterocycles. The molecule has 0 aromatic heterocycles. The van der Waals surface area contributed by atoms with Crippen molar-refractivity contribution in [2.75, 3.05) is 11.9 Å². The van der Waals surface area contributed by atoms with Gasteiger partial charge < -0.3 is 15.5 Å². The number of carbonyl (C=O) groups excluding carboxylic acids is 1. The number of benzene rings is 1. The molecule has 4 nitrogen and oxygen atoms in total. The largest absolute Gasteiger partial charge is 0.358 e. The third-order valence-electron chi connectivity index (χ3n) is 4.31. The predicted molar refractivity (Wildman–Crippen MR) is 107 cm³/mol. The summed E-state index contributed by atoms with van der Waals surface area (Å²) in [5.74, 6) is 0.0456. The molecule has 1 atom stereocenters. The highest BCUT2D eigenvalue weighted by molar-refractivity contribution is 9.10. The summed E-state index contributed by atoms with van der Waals surface area (Å²) in [7, 11) is 0. The van der Waals surface area contributed by atoms with E-state index in [1.165, 1.54) is 0 Å². The second kappa shape index (κ2) is 7.83. The van der Waals surface area contributed by atoms with Crippen LogP contribution in [0.3, 0.4) is 0 Å². The summed E-state index contributed by atoms with van der Waals surface area (Å²) in [4.78, 5) is 14.4. The van der Waals surface area contributed by atoms with Gasteiger partial charge in [0.1, 0.15) is 0 Å². The average molecular weight is 412 g/mol. The summed E-state index contributed by atoms with van der Waals surface area (Å²) in [6, 6.07) is 6.25. The number of hydrogen-bond donors (Lipinski definition) is 2. The third kappa shape index (κ3) is 5.18. The van der Waals surface area contributed by atoms with Crippen molar-refractivity contribution in [3.05, 3.63) is 28.2 Å². The van der Waals surface area contributed by atoms with Gasteiger partial charge >= 0.3 is 0 Å². The molecule has 1 fully saturated rings. The monoisotopic (exact) mass is 411 g/mol. The van der Waals surface area contributed by atoms with E-state index in [9.17, 15) is 4.79 Å². The zero-order valence-electron chi connectivity index (χ0n) is 14.8. The van der Waals surface area contributed by atoms with Gasteiger partial charge in [0.05, 0.1) is 0 Å². The molecule has 0 spiro atoms. The lowest BCUT2D eigenvalue weighted by molar-refractivity contribution is -0.116. The van der Waals surface area contributed by atoms with E-state index in [4.69, 9.17) is 12.2 Å². The first-order valence-electron chi connectivity index (χ1n) is 8.33. The molecular weight excluding hydrogens is 386 g/mol. The lowest BCUT2D eigenvalue weighted by atomic mass is 9.93. The Hall–Kier alpha value is -1.14. The molecule has 1 amide bonds. The molecule has 2 rings (SSSR count). The van der Waals surface area contributed by atoms with Crippen LogP contribution >= 0.6 is 28.1 Å². The Labute approximate surface area is 158 Å². The molecule has 1 heterocycles. The molecule has 2 N–H and O–H groups in total. The van der Waals surface area contributed by atoms with E-state index in [1.54, 1.807) is 0 Å². The number of halogens is 1. The van der Waals surface area contributed by atoms with Gasteiger partial charge in [-0.2, -0.15) is 0 Å². The zero-order chi connectivity index (χ0) is 17.9. The zero-order valence-corrected chi connectivity index (χ0v) is 17.2. The summed E-state index contributed by atoms with van der Waals surface area (Å²) < 4.78 is 1.01. The van der Waals surface area contributed by atoms with Crippen LogP contribution in [0.4, 0.5) is 5.69 Å². The Morgan fingerprint density at radius 1 is 1.50 bits per heavy atom. The molecule has 0 aliphatic carbocycles. The van der Waals surface area contributed by atoms with E-state index >= 15 is 0 Å². The minimum atomic E-state index is 0.0451. The SMILES string of the molecule is Cc1cc(Br)ccc1NC(=O)CCCN1C(=S)NC(C)(C)CC1C. The van der Waals surface area contributed by atoms with Crippen molar-refractivity contribution < 1.29 is 4.79 Å². The number of carbonyl (C=O) groups is 1. The number of hydrogen-bond acceptors (Lipinski definition) is 2. The van der Waals surface area contributed by atoms with Gasteiger partial charge in [-0.3, -0.25) is 4.79 Å². The summed E-state index contributed by atoms with van der Waals surface area (Å²) in [5.41, 5.74) is 1.96. The van der Waals surface area contributed by atoms with Gasteiger partial charge in [-0.25, -0.2) is 0 Å². The Morgan fingerprint density at radius 3 is 2.83 bits per heavy atom. The fraction of sp³-hybridized carbons (Fsp3) is 0.556. The van der Waals surface area contributed by atoms with Crippen LogP contribution in [0.2, 0.25) is 0 Å². The standard InChI is InChI=1S/C18H26BrN3OS/c1-12-10-14(19)7-8-15(12)20-16(23)6-5-9-22-13(2)11-18(3,4)21-17(22)24/h7-8,10,13H,5-6,9,11H2,1-4H3,(H,20,23)(H,21,24). The second-order valence-electron chi connectivity index (χ2n) is 7.17. The highest BCUT2D eigenvalue weighted by Crippen LogP contribution is 2.23. The van der Waals surface area contributed by atoms with Crippen LogP contribution in [0.25, 0.3) is 0 Å². The van der Waals surface area contributed by atoms with Crippen LogP contribution in [0.15, 0.2) is 22.7 Å². The number of thiocarbonyl (C=S) groups is 1.